The smallest absolute Gasteiger partial charge is 0.274 e. The van der Waals surface area contributed by atoms with Crippen LogP contribution in [0.2, 0.25) is 0 Å². The molecule has 1 amide bonds. The van der Waals surface area contributed by atoms with Crippen molar-refractivity contribution in [3.05, 3.63) is 65.2 Å². The molecule has 0 aliphatic carbocycles. The van der Waals surface area contributed by atoms with Gasteiger partial charge in [0.2, 0.25) is 0 Å². The predicted octanol–water partition coefficient (Wildman–Crippen LogP) is 4.68. The number of nitrogens with zero attached hydrogens (tertiary/aromatic N) is 3. The fourth-order valence-corrected chi connectivity index (χ4v) is 4.20. The van der Waals surface area contributed by atoms with Gasteiger partial charge in [0, 0.05) is 23.5 Å². The van der Waals surface area contributed by atoms with Crippen molar-refractivity contribution < 1.29 is 13.9 Å². The maximum absolute atomic E-state index is 14.9. The molecule has 0 saturated carbocycles. The average molecular weight is 468 g/mol. The van der Waals surface area contributed by atoms with Crippen molar-refractivity contribution in [2.24, 2.45) is 0 Å². The topological polar surface area (TPSA) is 83.2 Å². The Morgan fingerprint density at radius 2 is 1.91 bits per heavy atom. The van der Waals surface area contributed by atoms with Gasteiger partial charge >= 0.3 is 0 Å². The number of carbonyl (C=O) groups is 1. The standard InChI is InChI=1S/C24H26FN5O2S/c1-15-12-21(30(28-15)20-9-7-17(32-2)14-22(20)33)24(31)27-19-8-6-16(13-18(19)25)23(26)29-10-4-3-5-11-29/h6-9,12-14,26,33H,3-5,10-11H2,1-2H3,(H,27,31). The highest BCUT2D eigenvalue weighted by molar-refractivity contribution is 7.80. The van der Waals surface area contributed by atoms with Gasteiger partial charge in [-0.2, -0.15) is 5.10 Å². The van der Waals surface area contributed by atoms with Crippen molar-refractivity contribution in [3.63, 3.8) is 0 Å². The summed E-state index contributed by atoms with van der Waals surface area (Å²) in [6.45, 7) is 3.39. The van der Waals surface area contributed by atoms with Crippen LogP contribution in [0.15, 0.2) is 47.4 Å². The number of benzene rings is 2. The maximum atomic E-state index is 14.9. The number of aryl methyl sites for hydroxylation is 1. The zero-order valence-corrected chi connectivity index (χ0v) is 19.5. The lowest BCUT2D eigenvalue weighted by atomic mass is 10.1. The first-order valence-corrected chi connectivity index (χ1v) is 11.2. The molecule has 2 heterocycles. The minimum atomic E-state index is -0.593. The highest BCUT2D eigenvalue weighted by atomic mass is 32.1. The van der Waals surface area contributed by atoms with E-state index in [1.54, 1.807) is 44.4 Å². The van der Waals surface area contributed by atoms with Gasteiger partial charge in [0.05, 0.1) is 24.2 Å². The Morgan fingerprint density at radius 1 is 1.15 bits per heavy atom. The van der Waals surface area contributed by atoms with Gasteiger partial charge < -0.3 is 15.0 Å². The number of rotatable bonds is 5. The summed E-state index contributed by atoms with van der Waals surface area (Å²) in [6, 6.07) is 11.3. The van der Waals surface area contributed by atoms with Crippen molar-refractivity contribution in [3.8, 4) is 11.4 Å². The molecule has 3 aromatic rings. The lowest BCUT2D eigenvalue weighted by Crippen LogP contribution is -2.35. The van der Waals surface area contributed by atoms with E-state index in [0.29, 0.717) is 33.4 Å². The molecule has 0 spiro atoms. The lowest BCUT2D eigenvalue weighted by molar-refractivity contribution is 0.101. The number of ether oxygens (including phenoxy) is 1. The van der Waals surface area contributed by atoms with E-state index in [1.165, 1.54) is 16.8 Å². The molecule has 1 aromatic heterocycles. The molecule has 0 bridgehead atoms. The zero-order valence-electron chi connectivity index (χ0n) is 18.6. The van der Waals surface area contributed by atoms with Gasteiger partial charge in [-0.1, -0.05) is 0 Å². The first kappa shape index (κ1) is 22.8. The minimum absolute atomic E-state index is 0.0430. The molecule has 172 valence electrons. The number of thiol groups is 1. The summed E-state index contributed by atoms with van der Waals surface area (Å²) in [7, 11) is 1.56. The van der Waals surface area contributed by atoms with Gasteiger partial charge in [0.1, 0.15) is 23.1 Å². The second kappa shape index (κ2) is 9.66. The zero-order chi connectivity index (χ0) is 23.5. The summed E-state index contributed by atoms with van der Waals surface area (Å²) in [5, 5.41) is 15.4. The van der Waals surface area contributed by atoms with Gasteiger partial charge in [-0.25, -0.2) is 9.07 Å². The average Bonchev–Trinajstić information content (AvgIpc) is 3.21. The van der Waals surface area contributed by atoms with Gasteiger partial charge in [0.15, 0.2) is 0 Å². The van der Waals surface area contributed by atoms with Crippen molar-refractivity contribution in [2.75, 3.05) is 25.5 Å². The summed E-state index contributed by atoms with van der Waals surface area (Å²) in [5.41, 5.74) is 2.02. The van der Waals surface area contributed by atoms with Crippen LogP contribution in [0.4, 0.5) is 10.1 Å². The van der Waals surface area contributed by atoms with E-state index in [0.717, 1.165) is 32.4 Å². The minimum Gasteiger partial charge on any atom is -0.497 e. The number of piperidine rings is 1. The molecule has 1 aliphatic heterocycles. The second-order valence-electron chi connectivity index (χ2n) is 7.98. The molecule has 33 heavy (non-hydrogen) atoms. The predicted molar refractivity (Wildman–Crippen MR) is 129 cm³/mol. The summed E-state index contributed by atoms with van der Waals surface area (Å²) >= 11 is 4.49. The van der Waals surface area contributed by atoms with E-state index in [1.807, 2.05) is 4.90 Å². The molecule has 0 radical (unpaired) electrons. The molecule has 9 heteroatoms. The SMILES string of the molecule is COc1ccc(-n2nc(C)cc2C(=O)Nc2ccc(C(=N)N3CCCCC3)cc2F)c(S)c1. The molecule has 1 fully saturated rings. The Morgan fingerprint density at radius 3 is 2.58 bits per heavy atom. The first-order valence-electron chi connectivity index (χ1n) is 10.8. The summed E-state index contributed by atoms with van der Waals surface area (Å²) < 4.78 is 21.5. The third-order valence-corrected chi connectivity index (χ3v) is 6.00. The third kappa shape index (κ3) is 4.88. The summed E-state index contributed by atoms with van der Waals surface area (Å²) in [6.07, 6.45) is 3.23. The lowest BCUT2D eigenvalue weighted by Gasteiger charge is -2.29. The number of carbonyl (C=O) groups excluding carboxylic acids is 1. The Balaban J connectivity index is 1.56. The second-order valence-corrected chi connectivity index (χ2v) is 8.46. The van der Waals surface area contributed by atoms with Gasteiger partial charge in [-0.3, -0.25) is 10.2 Å². The molecule has 1 saturated heterocycles. The van der Waals surface area contributed by atoms with Gasteiger partial charge in [-0.15, -0.1) is 12.6 Å². The molecule has 1 aliphatic rings. The van der Waals surface area contributed by atoms with E-state index in [-0.39, 0.29) is 11.4 Å². The number of halogens is 1. The number of hydrogen-bond donors (Lipinski definition) is 3. The van der Waals surface area contributed by atoms with Crippen LogP contribution in [-0.4, -0.2) is 46.6 Å². The summed E-state index contributed by atoms with van der Waals surface area (Å²) in [5.74, 6) is -0.154. The molecule has 0 atom stereocenters. The normalized spacial score (nSPS) is 13.6. The van der Waals surface area contributed by atoms with Crippen LogP contribution in [0.3, 0.4) is 0 Å². The van der Waals surface area contributed by atoms with Crippen LogP contribution in [-0.2, 0) is 0 Å². The number of likely N-dealkylation sites (tertiary alicyclic amines) is 1. The van der Waals surface area contributed by atoms with E-state index in [2.05, 4.69) is 23.0 Å². The van der Waals surface area contributed by atoms with Crippen LogP contribution in [0, 0.1) is 18.2 Å². The van der Waals surface area contributed by atoms with E-state index in [4.69, 9.17) is 10.1 Å². The van der Waals surface area contributed by atoms with Crippen molar-refractivity contribution in [2.45, 2.75) is 31.1 Å². The monoisotopic (exact) mass is 467 g/mol. The summed E-state index contributed by atoms with van der Waals surface area (Å²) in [4.78, 5) is 15.6. The van der Waals surface area contributed by atoms with Crippen molar-refractivity contribution in [1.82, 2.24) is 14.7 Å². The Bertz CT molecular complexity index is 1200. The number of nitrogens with one attached hydrogen (secondary N) is 2. The number of hydrogen-bond acceptors (Lipinski definition) is 5. The Labute approximate surface area is 197 Å². The Hall–Kier alpha value is -3.33. The van der Waals surface area contributed by atoms with Crippen LogP contribution < -0.4 is 10.1 Å². The third-order valence-electron chi connectivity index (χ3n) is 5.64. The number of amides is 1. The molecule has 4 rings (SSSR count). The highest BCUT2D eigenvalue weighted by Crippen LogP contribution is 2.26. The molecule has 2 N–H and O–H groups in total. The highest BCUT2D eigenvalue weighted by Gasteiger charge is 2.20. The number of amidine groups is 1. The van der Waals surface area contributed by atoms with E-state index < -0.39 is 11.7 Å². The van der Waals surface area contributed by atoms with Gasteiger partial charge in [0.25, 0.3) is 5.91 Å². The maximum Gasteiger partial charge on any atom is 0.274 e. The number of aromatic nitrogens is 2. The molecular formula is C24H26FN5O2S. The molecule has 7 nitrogen and oxygen atoms in total. The number of anilines is 1. The fraction of sp³-hybridized carbons (Fsp3) is 0.292. The van der Waals surface area contributed by atoms with Crippen LogP contribution in [0.5, 0.6) is 5.75 Å². The molecule has 2 aromatic carbocycles. The van der Waals surface area contributed by atoms with E-state index in [9.17, 15) is 9.18 Å². The van der Waals surface area contributed by atoms with Gasteiger partial charge in [-0.05, 0) is 68.7 Å². The van der Waals surface area contributed by atoms with Crippen molar-refractivity contribution in [1.29, 1.82) is 5.41 Å². The van der Waals surface area contributed by atoms with Crippen LogP contribution in [0.1, 0.15) is 41.0 Å². The molecular weight excluding hydrogens is 441 g/mol. The van der Waals surface area contributed by atoms with Crippen molar-refractivity contribution >= 4 is 30.1 Å². The number of methoxy groups -OCH3 is 1. The fourth-order valence-electron chi connectivity index (χ4n) is 3.90. The largest absolute Gasteiger partial charge is 0.497 e. The van der Waals surface area contributed by atoms with Crippen LogP contribution >= 0.6 is 12.6 Å². The first-order chi connectivity index (χ1) is 15.9. The quantitative estimate of drug-likeness (QED) is 0.289. The Kier molecular flexibility index (Phi) is 6.69. The molecule has 0 unspecified atom stereocenters. The van der Waals surface area contributed by atoms with Crippen LogP contribution in [0.25, 0.3) is 5.69 Å². The van der Waals surface area contributed by atoms with E-state index >= 15 is 0 Å².